The first-order valence-corrected chi connectivity index (χ1v) is 6.37. The molecule has 2 rings (SSSR count). The molecule has 0 aromatic heterocycles. The second-order valence-electron chi connectivity index (χ2n) is 4.52. The molecule has 0 unspecified atom stereocenters. The standard InChI is InChI=1S/C14H19NO3/c1-2-18-14(17)15-9-8-13(16)12(10-15)11-6-4-3-5-7-11/h3-7,12-13,16H,2,8-10H2,1H3/t12-,13-/m1/s1. The topological polar surface area (TPSA) is 49.8 Å². The lowest BCUT2D eigenvalue weighted by atomic mass is 9.88. The van der Waals surface area contributed by atoms with E-state index in [4.69, 9.17) is 4.74 Å². The summed E-state index contributed by atoms with van der Waals surface area (Å²) >= 11 is 0. The Morgan fingerprint density at radius 2 is 2.17 bits per heavy atom. The monoisotopic (exact) mass is 249 g/mol. The zero-order valence-corrected chi connectivity index (χ0v) is 10.6. The summed E-state index contributed by atoms with van der Waals surface area (Å²) in [6, 6.07) is 9.82. The van der Waals surface area contributed by atoms with Crippen molar-refractivity contribution in [2.24, 2.45) is 0 Å². The molecule has 98 valence electrons. The Kier molecular flexibility index (Phi) is 4.20. The first-order chi connectivity index (χ1) is 8.72. The highest BCUT2D eigenvalue weighted by Gasteiger charge is 2.31. The van der Waals surface area contributed by atoms with Crippen molar-refractivity contribution in [2.75, 3.05) is 19.7 Å². The van der Waals surface area contributed by atoms with Crippen molar-refractivity contribution in [1.29, 1.82) is 0 Å². The molecule has 1 N–H and O–H groups in total. The maximum absolute atomic E-state index is 11.7. The average Bonchev–Trinajstić information content (AvgIpc) is 2.40. The molecule has 1 fully saturated rings. The third kappa shape index (κ3) is 2.82. The number of likely N-dealkylation sites (tertiary alicyclic amines) is 1. The van der Waals surface area contributed by atoms with Crippen LogP contribution < -0.4 is 0 Å². The summed E-state index contributed by atoms with van der Waals surface area (Å²) in [6.45, 7) is 3.26. The van der Waals surface area contributed by atoms with Gasteiger partial charge in [0.05, 0.1) is 12.7 Å². The smallest absolute Gasteiger partial charge is 0.409 e. The van der Waals surface area contributed by atoms with E-state index in [2.05, 4.69) is 0 Å². The van der Waals surface area contributed by atoms with Gasteiger partial charge in [-0.2, -0.15) is 0 Å². The summed E-state index contributed by atoms with van der Waals surface area (Å²) in [5, 5.41) is 10.1. The normalized spacial score (nSPS) is 23.8. The van der Waals surface area contributed by atoms with E-state index in [1.165, 1.54) is 0 Å². The van der Waals surface area contributed by atoms with Gasteiger partial charge in [0.15, 0.2) is 0 Å². The Labute approximate surface area is 107 Å². The Hall–Kier alpha value is -1.55. The fourth-order valence-corrected chi connectivity index (χ4v) is 2.35. The number of benzene rings is 1. The molecule has 1 amide bonds. The summed E-state index contributed by atoms with van der Waals surface area (Å²) < 4.78 is 5.01. The summed E-state index contributed by atoms with van der Waals surface area (Å²) in [5.74, 6) is -0.0237. The maximum Gasteiger partial charge on any atom is 0.409 e. The number of hydrogen-bond donors (Lipinski definition) is 1. The van der Waals surface area contributed by atoms with Crippen LogP contribution in [0, 0.1) is 0 Å². The SMILES string of the molecule is CCOC(=O)N1CC[C@@H](O)[C@@H](c2ccccc2)C1. The van der Waals surface area contributed by atoms with Gasteiger partial charge in [-0.25, -0.2) is 4.79 Å². The molecule has 4 heteroatoms. The van der Waals surface area contributed by atoms with Gasteiger partial charge >= 0.3 is 6.09 Å². The average molecular weight is 249 g/mol. The molecule has 1 aromatic carbocycles. The number of piperidine rings is 1. The van der Waals surface area contributed by atoms with Gasteiger partial charge in [-0.05, 0) is 18.9 Å². The summed E-state index contributed by atoms with van der Waals surface area (Å²) in [6.07, 6.45) is -0.0818. The van der Waals surface area contributed by atoms with Crippen LogP contribution in [0.25, 0.3) is 0 Å². The second kappa shape index (κ2) is 5.87. The number of amides is 1. The van der Waals surface area contributed by atoms with Crippen LogP contribution in [0.5, 0.6) is 0 Å². The number of aliphatic hydroxyl groups is 1. The van der Waals surface area contributed by atoms with Gasteiger partial charge in [-0.15, -0.1) is 0 Å². The Balaban J connectivity index is 2.08. The van der Waals surface area contributed by atoms with Crippen LogP contribution in [-0.4, -0.2) is 41.9 Å². The van der Waals surface area contributed by atoms with Crippen LogP contribution in [0.2, 0.25) is 0 Å². The summed E-state index contributed by atoms with van der Waals surface area (Å²) in [5.41, 5.74) is 1.07. The van der Waals surface area contributed by atoms with E-state index in [0.717, 1.165) is 5.56 Å². The molecule has 4 nitrogen and oxygen atoms in total. The van der Waals surface area contributed by atoms with E-state index in [0.29, 0.717) is 26.1 Å². The van der Waals surface area contributed by atoms with Gasteiger partial charge in [-0.3, -0.25) is 0 Å². The highest BCUT2D eigenvalue weighted by molar-refractivity contribution is 5.67. The van der Waals surface area contributed by atoms with Crippen LogP contribution in [0.3, 0.4) is 0 Å². The van der Waals surface area contributed by atoms with Crippen LogP contribution >= 0.6 is 0 Å². The Morgan fingerprint density at radius 3 is 2.83 bits per heavy atom. The van der Waals surface area contributed by atoms with Gasteiger partial charge in [0.1, 0.15) is 0 Å². The van der Waals surface area contributed by atoms with Crippen LogP contribution in [0.15, 0.2) is 30.3 Å². The van der Waals surface area contributed by atoms with Crippen molar-refractivity contribution in [2.45, 2.75) is 25.4 Å². The fourth-order valence-electron chi connectivity index (χ4n) is 2.35. The molecule has 18 heavy (non-hydrogen) atoms. The highest BCUT2D eigenvalue weighted by Crippen LogP contribution is 2.27. The first-order valence-electron chi connectivity index (χ1n) is 6.37. The predicted molar refractivity (Wildman–Crippen MR) is 68.4 cm³/mol. The number of ether oxygens (including phenoxy) is 1. The summed E-state index contributed by atoms with van der Waals surface area (Å²) in [7, 11) is 0. The molecular weight excluding hydrogens is 230 g/mol. The van der Waals surface area contributed by atoms with Gasteiger partial charge < -0.3 is 14.7 Å². The van der Waals surface area contributed by atoms with E-state index in [9.17, 15) is 9.90 Å². The molecule has 0 bridgehead atoms. The van der Waals surface area contributed by atoms with Crippen LogP contribution in [-0.2, 0) is 4.74 Å². The molecule has 2 atom stereocenters. The van der Waals surface area contributed by atoms with Crippen LogP contribution in [0.4, 0.5) is 4.79 Å². The first kappa shape index (κ1) is 12.9. The third-order valence-electron chi connectivity index (χ3n) is 3.33. The van der Waals surface area contributed by atoms with Crippen molar-refractivity contribution in [3.8, 4) is 0 Å². The number of carbonyl (C=O) groups is 1. The van der Waals surface area contributed by atoms with Crippen molar-refractivity contribution >= 4 is 6.09 Å². The second-order valence-corrected chi connectivity index (χ2v) is 4.52. The summed E-state index contributed by atoms with van der Waals surface area (Å²) in [4.78, 5) is 13.4. The molecule has 1 aliphatic rings. The molecule has 0 radical (unpaired) electrons. The van der Waals surface area contributed by atoms with Crippen molar-refractivity contribution in [3.05, 3.63) is 35.9 Å². The van der Waals surface area contributed by atoms with E-state index in [1.54, 1.807) is 11.8 Å². The molecule has 0 spiro atoms. The zero-order chi connectivity index (χ0) is 13.0. The quantitative estimate of drug-likeness (QED) is 0.872. The van der Waals surface area contributed by atoms with Crippen molar-refractivity contribution in [1.82, 2.24) is 4.90 Å². The van der Waals surface area contributed by atoms with Crippen molar-refractivity contribution < 1.29 is 14.6 Å². The minimum atomic E-state index is -0.391. The number of carbonyl (C=O) groups excluding carboxylic acids is 1. The van der Waals surface area contributed by atoms with Gasteiger partial charge in [0.2, 0.25) is 0 Å². The minimum absolute atomic E-state index is 0.0237. The van der Waals surface area contributed by atoms with Crippen LogP contribution in [0.1, 0.15) is 24.8 Å². The molecule has 1 saturated heterocycles. The number of nitrogens with zero attached hydrogens (tertiary/aromatic N) is 1. The largest absolute Gasteiger partial charge is 0.450 e. The minimum Gasteiger partial charge on any atom is -0.450 e. The number of hydrogen-bond acceptors (Lipinski definition) is 3. The van der Waals surface area contributed by atoms with E-state index >= 15 is 0 Å². The number of aliphatic hydroxyl groups excluding tert-OH is 1. The number of rotatable bonds is 2. The lowest BCUT2D eigenvalue weighted by molar-refractivity contribution is 0.0467. The maximum atomic E-state index is 11.7. The molecular formula is C14H19NO3. The van der Waals surface area contributed by atoms with Crippen molar-refractivity contribution in [3.63, 3.8) is 0 Å². The van der Waals surface area contributed by atoms with E-state index in [1.807, 2.05) is 30.3 Å². The fraction of sp³-hybridized carbons (Fsp3) is 0.500. The molecule has 1 aliphatic heterocycles. The van der Waals surface area contributed by atoms with E-state index in [-0.39, 0.29) is 12.0 Å². The van der Waals surface area contributed by atoms with Gasteiger partial charge in [0, 0.05) is 19.0 Å². The lowest BCUT2D eigenvalue weighted by Crippen LogP contribution is -2.45. The van der Waals surface area contributed by atoms with Gasteiger partial charge in [-0.1, -0.05) is 30.3 Å². The molecule has 1 aromatic rings. The molecule has 1 heterocycles. The molecule has 0 aliphatic carbocycles. The van der Waals surface area contributed by atoms with Gasteiger partial charge in [0.25, 0.3) is 0 Å². The zero-order valence-electron chi connectivity index (χ0n) is 10.6. The highest BCUT2D eigenvalue weighted by atomic mass is 16.6. The van der Waals surface area contributed by atoms with E-state index < -0.39 is 6.10 Å². The lowest BCUT2D eigenvalue weighted by Gasteiger charge is -2.35. The Morgan fingerprint density at radius 1 is 1.44 bits per heavy atom. The molecule has 0 saturated carbocycles. The third-order valence-corrected chi connectivity index (χ3v) is 3.33. The Bertz CT molecular complexity index is 393. The predicted octanol–water partition coefficient (Wildman–Crippen LogP) is 1.99.